The topological polar surface area (TPSA) is 69.6 Å². The maximum atomic E-state index is 6.41. The highest BCUT2D eigenvalue weighted by Crippen LogP contribution is 2.43. The Kier molecular flexibility index (Phi) is 5.90. The van der Waals surface area contributed by atoms with Crippen molar-refractivity contribution in [3.05, 3.63) is 53.2 Å². The predicted octanol–water partition coefficient (Wildman–Crippen LogP) is 5.31. The standard InChI is InChI=1S/C27H28N4O3S/c1-32-20-8-4-9-21(33-2)24(20)34-18-11-14-31(15-12-18)26-23-19-7-3-10-22(19)35-27(23)30-25(29-26)17-6-5-13-28-16-17/h4-6,8-9,13,16,18H,3,7,10-12,14-15H2,1-2H3. The number of thiophene rings is 1. The molecule has 0 N–H and O–H groups in total. The van der Waals surface area contributed by atoms with E-state index in [0.717, 1.165) is 60.8 Å². The first-order valence-electron chi connectivity index (χ1n) is 12.1. The minimum Gasteiger partial charge on any atom is -0.493 e. The van der Waals surface area contributed by atoms with E-state index in [1.54, 1.807) is 20.4 Å². The highest BCUT2D eigenvalue weighted by Gasteiger charge is 2.29. The summed E-state index contributed by atoms with van der Waals surface area (Å²) in [6, 6.07) is 9.68. The molecule has 0 radical (unpaired) electrons. The van der Waals surface area contributed by atoms with Crippen LogP contribution in [0, 0.1) is 0 Å². The maximum Gasteiger partial charge on any atom is 0.203 e. The van der Waals surface area contributed by atoms with Crippen molar-refractivity contribution in [2.24, 2.45) is 0 Å². The molecular formula is C27H28N4O3S. The van der Waals surface area contributed by atoms with Crippen molar-refractivity contribution in [1.29, 1.82) is 0 Å². The van der Waals surface area contributed by atoms with Crippen molar-refractivity contribution >= 4 is 27.4 Å². The van der Waals surface area contributed by atoms with Gasteiger partial charge >= 0.3 is 0 Å². The summed E-state index contributed by atoms with van der Waals surface area (Å²) in [5, 5.41) is 1.25. The predicted molar refractivity (Wildman–Crippen MR) is 138 cm³/mol. The molecule has 4 aromatic rings. The number of hydrogen-bond donors (Lipinski definition) is 0. The molecule has 1 fully saturated rings. The number of hydrogen-bond acceptors (Lipinski definition) is 8. The van der Waals surface area contributed by atoms with E-state index >= 15 is 0 Å². The lowest BCUT2D eigenvalue weighted by Gasteiger charge is -2.34. The molecule has 1 saturated heterocycles. The lowest BCUT2D eigenvalue weighted by molar-refractivity contribution is 0.158. The van der Waals surface area contributed by atoms with Crippen molar-refractivity contribution in [2.75, 3.05) is 32.2 Å². The van der Waals surface area contributed by atoms with Gasteiger partial charge in [0.05, 0.1) is 19.6 Å². The summed E-state index contributed by atoms with van der Waals surface area (Å²) in [6.45, 7) is 1.73. The first kappa shape index (κ1) is 22.1. The molecule has 4 heterocycles. The third-order valence-electron chi connectivity index (χ3n) is 6.87. The zero-order chi connectivity index (χ0) is 23.8. The third kappa shape index (κ3) is 4.05. The summed E-state index contributed by atoms with van der Waals surface area (Å²) >= 11 is 1.83. The fourth-order valence-electron chi connectivity index (χ4n) is 5.12. The zero-order valence-corrected chi connectivity index (χ0v) is 20.8. The van der Waals surface area contributed by atoms with Crippen LogP contribution in [-0.2, 0) is 12.8 Å². The lowest BCUT2D eigenvalue weighted by atomic mass is 10.1. The van der Waals surface area contributed by atoms with Gasteiger partial charge in [0, 0.05) is 48.8 Å². The number of pyridine rings is 1. The van der Waals surface area contributed by atoms with Crippen LogP contribution in [0.3, 0.4) is 0 Å². The van der Waals surface area contributed by atoms with Gasteiger partial charge in [0.1, 0.15) is 16.8 Å². The van der Waals surface area contributed by atoms with Crippen LogP contribution in [0.15, 0.2) is 42.7 Å². The Balaban J connectivity index is 1.29. The Labute approximate surface area is 208 Å². The summed E-state index contributed by atoms with van der Waals surface area (Å²) in [5.74, 6) is 3.87. The monoisotopic (exact) mass is 488 g/mol. The van der Waals surface area contributed by atoms with E-state index in [1.807, 2.05) is 47.9 Å². The minimum atomic E-state index is 0.0831. The molecule has 0 amide bonds. The van der Waals surface area contributed by atoms with Crippen LogP contribution in [0.2, 0.25) is 0 Å². The number of ether oxygens (including phenoxy) is 3. The zero-order valence-electron chi connectivity index (χ0n) is 20.0. The molecule has 0 spiro atoms. The molecule has 3 aromatic heterocycles. The number of aromatic nitrogens is 3. The fraction of sp³-hybridized carbons (Fsp3) is 0.370. The number of aryl methyl sites for hydroxylation is 2. The van der Waals surface area contributed by atoms with Gasteiger partial charge < -0.3 is 19.1 Å². The SMILES string of the molecule is COc1cccc(OC)c1OC1CCN(c2nc(-c3cccnc3)nc3sc4c(c23)CCC4)CC1. The second-order valence-electron chi connectivity index (χ2n) is 8.95. The molecule has 1 aromatic carbocycles. The van der Waals surface area contributed by atoms with Crippen molar-refractivity contribution in [1.82, 2.24) is 15.0 Å². The van der Waals surface area contributed by atoms with Crippen LogP contribution in [0.25, 0.3) is 21.6 Å². The Hall–Kier alpha value is -3.39. The van der Waals surface area contributed by atoms with Crippen molar-refractivity contribution in [3.8, 4) is 28.6 Å². The lowest BCUT2D eigenvalue weighted by Crippen LogP contribution is -2.39. The molecule has 1 aliphatic carbocycles. The average molecular weight is 489 g/mol. The number of nitrogens with zero attached hydrogens (tertiary/aromatic N) is 4. The molecule has 1 aliphatic heterocycles. The second kappa shape index (κ2) is 9.34. The largest absolute Gasteiger partial charge is 0.493 e. The van der Waals surface area contributed by atoms with Gasteiger partial charge in [-0.25, -0.2) is 9.97 Å². The van der Waals surface area contributed by atoms with Crippen LogP contribution in [0.1, 0.15) is 29.7 Å². The Morgan fingerprint density at radius 1 is 0.971 bits per heavy atom. The van der Waals surface area contributed by atoms with Gasteiger partial charge in [-0.15, -0.1) is 11.3 Å². The van der Waals surface area contributed by atoms with E-state index < -0.39 is 0 Å². The van der Waals surface area contributed by atoms with Crippen molar-refractivity contribution < 1.29 is 14.2 Å². The number of fused-ring (bicyclic) bond motifs is 3. The van der Waals surface area contributed by atoms with Crippen LogP contribution in [0.4, 0.5) is 5.82 Å². The highest BCUT2D eigenvalue weighted by atomic mass is 32.1. The van der Waals surface area contributed by atoms with E-state index in [-0.39, 0.29) is 6.10 Å². The number of benzene rings is 1. The van der Waals surface area contributed by atoms with Crippen LogP contribution >= 0.6 is 11.3 Å². The molecule has 180 valence electrons. The summed E-state index contributed by atoms with van der Waals surface area (Å²) in [7, 11) is 3.31. The van der Waals surface area contributed by atoms with E-state index in [4.69, 9.17) is 24.2 Å². The molecule has 2 aliphatic rings. The van der Waals surface area contributed by atoms with Gasteiger partial charge in [-0.1, -0.05) is 6.07 Å². The molecule has 35 heavy (non-hydrogen) atoms. The average Bonchev–Trinajstić information content (AvgIpc) is 3.50. The number of para-hydroxylation sites is 1. The minimum absolute atomic E-state index is 0.0831. The van der Waals surface area contributed by atoms with E-state index in [9.17, 15) is 0 Å². The van der Waals surface area contributed by atoms with Gasteiger partial charge in [0.25, 0.3) is 0 Å². The second-order valence-corrected chi connectivity index (χ2v) is 10.0. The number of piperidine rings is 1. The van der Waals surface area contributed by atoms with Gasteiger partial charge in [-0.3, -0.25) is 4.98 Å². The van der Waals surface area contributed by atoms with E-state index in [1.165, 1.54) is 22.2 Å². The Bertz CT molecular complexity index is 1330. The first-order valence-corrected chi connectivity index (χ1v) is 12.9. The molecule has 0 atom stereocenters. The quantitative estimate of drug-likeness (QED) is 0.364. The summed E-state index contributed by atoms with van der Waals surface area (Å²) < 4.78 is 17.4. The normalized spacial score (nSPS) is 15.9. The smallest absolute Gasteiger partial charge is 0.203 e. The molecule has 6 rings (SSSR count). The molecular weight excluding hydrogens is 460 g/mol. The van der Waals surface area contributed by atoms with Gasteiger partial charge in [0.2, 0.25) is 5.75 Å². The van der Waals surface area contributed by atoms with Crippen LogP contribution in [-0.4, -0.2) is 48.4 Å². The number of methoxy groups -OCH3 is 2. The molecule has 0 bridgehead atoms. The molecule has 0 saturated carbocycles. The first-order chi connectivity index (χ1) is 17.2. The van der Waals surface area contributed by atoms with E-state index in [0.29, 0.717) is 17.2 Å². The number of anilines is 1. The van der Waals surface area contributed by atoms with Crippen molar-refractivity contribution in [2.45, 2.75) is 38.2 Å². The Morgan fingerprint density at radius 2 is 1.77 bits per heavy atom. The van der Waals surface area contributed by atoms with Crippen molar-refractivity contribution in [3.63, 3.8) is 0 Å². The van der Waals surface area contributed by atoms with Crippen LogP contribution < -0.4 is 19.1 Å². The van der Waals surface area contributed by atoms with Gasteiger partial charge in [-0.05, 0) is 49.1 Å². The summed E-state index contributed by atoms with van der Waals surface area (Å²) in [5.41, 5.74) is 2.40. The maximum absolute atomic E-state index is 6.41. The highest BCUT2D eigenvalue weighted by molar-refractivity contribution is 7.19. The third-order valence-corrected chi connectivity index (χ3v) is 8.06. The van der Waals surface area contributed by atoms with Crippen LogP contribution in [0.5, 0.6) is 17.2 Å². The molecule has 7 nitrogen and oxygen atoms in total. The van der Waals surface area contributed by atoms with Gasteiger partial charge in [0.15, 0.2) is 17.3 Å². The van der Waals surface area contributed by atoms with E-state index in [2.05, 4.69) is 9.88 Å². The fourth-order valence-corrected chi connectivity index (χ4v) is 6.37. The molecule has 0 unspecified atom stereocenters. The summed E-state index contributed by atoms with van der Waals surface area (Å²) in [6.07, 6.45) is 8.97. The molecule has 8 heteroatoms. The summed E-state index contributed by atoms with van der Waals surface area (Å²) in [4.78, 5) is 19.3. The number of rotatable bonds is 6. The van der Waals surface area contributed by atoms with Gasteiger partial charge in [-0.2, -0.15) is 0 Å². The Morgan fingerprint density at radius 3 is 2.49 bits per heavy atom.